The van der Waals surface area contributed by atoms with Crippen molar-refractivity contribution in [1.82, 2.24) is 0 Å². The predicted molar refractivity (Wildman–Crippen MR) is 305 cm³/mol. The third kappa shape index (κ3) is 6.25. The molecule has 0 fully saturated rings. The average Bonchev–Trinajstić information content (AvgIpc) is 3.41. The molecule has 0 unspecified atom stereocenters. The van der Waals surface area contributed by atoms with Gasteiger partial charge in [0, 0.05) is 49.5 Å². The minimum absolute atomic E-state index is 0.0645. The molecule has 6 nitrogen and oxygen atoms in total. The maximum Gasteiger partial charge on any atom is 0.260 e. The van der Waals surface area contributed by atoms with Crippen molar-refractivity contribution in [3.05, 3.63) is 158 Å². The van der Waals surface area contributed by atoms with E-state index in [1.54, 1.807) is 47.2 Å². The summed E-state index contributed by atoms with van der Waals surface area (Å²) in [5.74, 6) is 6.79. The molecule has 9 aromatic carbocycles. The Morgan fingerprint density at radius 1 is 0.352 bits per heavy atom. The topological polar surface area (TPSA) is 52.2 Å². The van der Waals surface area contributed by atoms with Crippen molar-refractivity contribution in [2.75, 3.05) is 34.6 Å². The molecule has 338 valence electrons. The standard InChI is InChI=1S/C58H39B3N2O4S4/c1-68-35-21-45-56-52(23-35)64-48-19-33(31-11-7-5-8-12-31)15-17-38(48)59(56)40-27-41-46(29-44(40)62-45)63(71-4)47-22-36(69-2)24-53-57(47)61(41)43-28-42-50(30-51(43)66-53)67-55-26-37(70-3)25-54-58(55)60(42)39-18-16-34(20-49(39)65-54)32-13-9-6-10-14-32/h5-30,62H,1-4H3. The smallest absolute Gasteiger partial charge is 0.260 e. The summed E-state index contributed by atoms with van der Waals surface area (Å²) in [6.45, 7) is -0.338. The molecule has 0 aliphatic carbocycles. The summed E-state index contributed by atoms with van der Waals surface area (Å²) in [5.41, 5.74) is 19.4. The number of fused-ring (bicyclic) bond motifs is 12. The van der Waals surface area contributed by atoms with Gasteiger partial charge in [0.05, 0.1) is 5.69 Å². The summed E-state index contributed by atoms with van der Waals surface area (Å²) in [5, 5.41) is 3.96. The summed E-state index contributed by atoms with van der Waals surface area (Å²) in [6.07, 6.45) is 8.54. The number of nitrogens with one attached hydrogen (secondary N) is 1. The first-order valence-corrected chi connectivity index (χ1v) is 28.5. The van der Waals surface area contributed by atoms with E-state index >= 15 is 0 Å². The van der Waals surface area contributed by atoms with Crippen LogP contribution >= 0.6 is 47.2 Å². The first-order chi connectivity index (χ1) is 34.9. The summed E-state index contributed by atoms with van der Waals surface area (Å²) < 4.78 is 30.4. The number of hydrogen-bond donors (Lipinski definition) is 1. The molecule has 9 aromatic rings. The third-order valence-electron chi connectivity index (χ3n) is 15.1. The summed E-state index contributed by atoms with van der Waals surface area (Å²) in [4.78, 5) is 3.38. The molecular weight excluding hydrogens is 949 g/mol. The predicted octanol–water partition coefficient (Wildman–Crippen LogP) is 9.94. The third-order valence-corrected chi connectivity index (χ3v) is 18.0. The van der Waals surface area contributed by atoms with E-state index in [2.05, 4.69) is 192 Å². The fraction of sp³-hybridized carbons (Fsp3) is 0.0690. The number of rotatable bonds is 6. The van der Waals surface area contributed by atoms with Crippen LogP contribution in [0.25, 0.3) is 22.3 Å². The van der Waals surface area contributed by atoms with E-state index in [4.69, 9.17) is 18.9 Å². The molecule has 0 amide bonds. The van der Waals surface area contributed by atoms with Gasteiger partial charge in [-0.2, -0.15) is 0 Å². The molecule has 71 heavy (non-hydrogen) atoms. The molecule has 0 atom stereocenters. The number of benzene rings is 9. The van der Waals surface area contributed by atoms with Crippen molar-refractivity contribution < 1.29 is 18.9 Å². The highest BCUT2D eigenvalue weighted by Gasteiger charge is 2.48. The Labute approximate surface area is 430 Å². The number of anilines is 4. The first-order valence-electron chi connectivity index (χ1n) is 23.7. The van der Waals surface area contributed by atoms with Crippen molar-refractivity contribution >= 4 is 139 Å². The number of nitrogens with zero attached hydrogens (tertiary/aromatic N) is 1. The minimum Gasteiger partial charge on any atom is -0.458 e. The molecule has 0 saturated carbocycles. The fourth-order valence-corrected chi connectivity index (χ4v) is 14.0. The Morgan fingerprint density at radius 3 is 1.39 bits per heavy atom. The van der Waals surface area contributed by atoms with Gasteiger partial charge in [0.25, 0.3) is 20.1 Å². The van der Waals surface area contributed by atoms with Gasteiger partial charge in [0.1, 0.15) is 46.0 Å². The van der Waals surface area contributed by atoms with Gasteiger partial charge in [-0.25, -0.2) is 0 Å². The van der Waals surface area contributed by atoms with E-state index in [9.17, 15) is 0 Å². The van der Waals surface area contributed by atoms with Gasteiger partial charge in [0.2, 0.25) is 0 Å². The van der Waals surface area contributed by atoms with Crippen LogP contribution in [0.4, 0.5) is 22.7 Å². The Hall–Kier alpha value is -6.63. The first kappa shape index (κ1) is 42.1. The highest BCUT2D eigenvalue weighted by molar-refractivity contribution is 8.00. The van der Waals surface area contributed by atoms with Gasteiger partial charge < -0.3 is 24.3 Å². The zero-order valence-corrected chi connectivity index (χ0v) is 42.2. The summed E-state index contributed by atoms with van der Waals surface area (Å²) >= 11 is 6.89. The van der Waals surface area contributed by atoms with Crippen LogP contribution in [0, 0.1) is 0 Å². The Balaban J connectivity index is 0.948. The maximum atomic E-state index is 7.17. The van der Waals surface area contributed by atoms with Crippen LogP contribution in [-0.4, -0.2) is 45.2 Å². The SMILES string of the molecule is CSc1cc2c3c(c1)Oc1cc(-c4ccccc4)ccc1B3c1cc3c(cc1N2)N(SC)c1cc(SC)cc2c1B3c1cc3c(cc1O2)Oc1cc(SC)cc2c1B3c1ccc(-c3ccccc3)cc1O2. The fourth-order valence-electron chi connectivity index (χ4n) is 11.9. The minimum atomic E-state index is -0.146. The Kier molecular flexibility index (Phi) is 9.45. The molecule has 6 aliphatic heterocycles. The quantitative estimate of drug-likeness (QED) is 0.0991. The van der Waals surface area contributed by atoms with Gasteiger partial charge in [-0.15, -0.1) is 35.3 Å². The molecule has 1 N–H and O–H groups in total. The Bertz CT molecular complexity index is 3800. The molecule has 0 radical (unpaired) electrons. The van der Waals surface area contributed by atoms with E-state index in [0.717, 1.165) is 133 Å². The van der Waals surface area contributed by atoms with Crippen LogP contribution in [0.1, 0.15) is 0 Å². The summed E-state index contributed by atoms with van der Waals surface area (Å²) in [7, 11) is 0. The molecular formula is C58H39B3N2O4S4. The van der Waals surface area contributed by atoms with E-state index in [-0.39, 0.29) is 20.1 Å². The molecule has 0 bridgehead atoms. The van der Waals surface area contributed by atoms with Crippen LogP contribution in [0.5, 0.6) is 46.0 Å². The molecule has 0 spiro atoms. The highest BCUT2D eigenvalue weighted by Crippen LogP contribution is 2.46. The van der Waals surface area contributed by atoms with Crippen molar-refractivity contribution in [1.29, 1.82) is 0 Å². The zero-order chi connectivity index (χ0) is 47.2. The van der Waals surface area contributed by atoms with Crippen LogP contribution < -0.4 is 77.7 Å². The molecule has 0 saturated heterocycles. The van der Waals surface area contributed by atoms with Gasteiger partial charge in [-0.05, 0) is 151 Å². The summed E-state index contributed by atoms with van der Waals surface area (Å²) in [6, 6.07) is 57.4. The van der Waals surface area contributed by atoms with Gasteiger partial charge in [-0.1, -0.05) is 97.1 Å². The van der Waals surface area contributed by atoms with E-state index in [1.165, 1.54) is 21.9 Å². The van der Waals surface area contributed by atoms with Gasteiger partial charge >= 0.3 is 0 Å². The van der Waals surface area contributed by atoms with E-state index in [0.29, 0.717) is 0 Å². The maximum absolute atomic E-state index is 7.17. The van der Waals surface area contributed by atoms with Crippen LogP contribution in [0.15, 0.2) is 172 Å². The second-order valence-corrected chi connectivity index (χ2v) is 22.0. The van der Waals surface area contributed by atoms with Crippen LogP contribution in [0.2, 0.25) is 0 Å². The largest absolute Gasteiger partial charge is 0.458 e. The molecule has 6 heterocycles. The Morgan fingerprint density at radius 2 is 0.831 bits per heavy atom. The van der Waals surface area contributed by atoms with E-state index in [1.807, 2.05) is 0 Å². The monoisotopic (exact) mass is 988 g/mol. The van der Waals surface area contributed by atoms with E-state index < -0.39 is 0 Å². The lowest BCUT2D eigenvalue weighted by molar-refractivity contribution is 0.454. The number of hydrogen-bond acceptors (Lipinski definition) is 10. The molecule has 13 heteroatoms. The number of thioether (sulfide) groups is 3. The number of ether oxygens (including phenoxy) is 4. The van der Waals surface area contributed by atoms with Crippen molar-refractivity contribution in [2.45, 2.75) is 14.7 Å². The lowest BCUT2D eigenvalue weighted by Gasteiger charge is -2.42. The average molecular weight is 989 g/mol. The molecule has 15 rings (SSSR count). The molecule has 6 aliphatic rings. The van der Waals surface area contributed by atoms with Crippen LogP contribution in [0.3, 0.4) is 0 Å². The van der Waals surface area contributed by atoms with Crippen LogP contribution in [-0.2, 0) is 0 Å². The lowest BCUT2D eigenvalue weighted by atomic mass is 9.30. The zero-order valence-electron chi connectivity index (χ0n) is 39.0. The normalized spacial score (nSPS) is 14.0. The van der Waals surface area contributed by atoms with Crippen molar-refractivity contribution in [3.63, 3.8) is 0 Å². The second-order valence-electron chi connectivity index (χ2n) is 18.7. The second kappa shape index (κ2) is 15.9. The van der Waals surface area contributed by atoms with Crippen molar-refractivity contribution in [3.8, 4) is 68.2 Å². The molecule has 0 aromatic heterocycles. The van der Waals surface area contributed by atoms with Crippen molar-refractivity contribution in [2.24, 2.45) is 0 Å². The van der Waals surface area contributed by atoms with Gasteiger partial charge in [0.15, 0.2) is 0 Å². The van der Waals surface area contributed by atoms with Gasteiger partial charge in [-0.3, -0.25) is 4.31 Å². The lowest BCUT2D eigenvalue weighted by Crippen LogP contribution is -2.64. The highest BCUT2D eigenvalue weighted by atomic mass is 32.2.